The summed E-state index contributed by atoms with van der Waals surface area (Å²) in [5.41, 5.74) is 4.62. The Morgan fingerprint density at radius 1 is 1.53 bits per heavy atom. The third-order valence-corrected chi connectivity index (χ3v) is 3.50. The molecule has 0 heterocycles. The summed E-state index contributed by atoms with van der Waals surface area (Å²) < 4.78 is 0. The standard InChI is InChI=1S/C11H22N2O2/c1-3-10(2,12)9(15)13-11(8-14)6-4-5-7-11/h14H,3-8,12H2,1-2H3,(H,13,15). The first-order valence-corrected chi connectivity index (χ1v) is 5.68. The molecule has 15 heavy (non-hydrogen) atoms. The second kappa shape index (κ2) is 4.49. The van der Waals surface area contributed by atoms with Crippen LogP contribution in [0.4, 0.5) is 0 Å². The second-order valence-electron chi connectivity index (χ2n) is 4.87. The molecule has 88 valence electrons. The van der Waals surface area contributed by atoms with E-state index < -0.39 is 11.1 Å². The minimum absolute atomic E-state index is 0.0124. The van der Waals surface area contributed by atoms with Crippen molar-refractivity contribution in [2.75, 3.05) is 6.61 Å². The third kappa shape index (κ3) is 2.69. The highest BCUT2D eigenvalue weighted by Crippen LogP contribution is 2.29. The van der Waals surface area contributed by atoms with Gasteiger partial charge < -0.3 is 16.2 Å². The number of aliphatic hydroxyl groups is 1. The van der Waals surface area contributed by atoms with Gasteiger partial charge >= 0.3 is 0 Å². The predicted molar refractivity (Wildman–Crippen MR) is 59.3 cm³/mol. The monoisotopic (exact) mass is 214 g/mol. The molecule has 1 unspecified atom stereocenters. The maximum Gasteiger partial charge on any atom is 0.240 e. The van der Waals surface area contributed by atoms with E-state index in [1.54, 1.807) is 6.92 Å². The summed E-state index contributed by atoms with van der Waals surface area (Å²) in [6.45, 7) is 3.63. The molecule has 0 aromatic heterocycles. The lowest BCUT2D eigenvalue weighted by Gasteiger charge is -2.32. The highest BCUT2D eigenvalue weighted by atomic mass is 16.3. The van der Waals surface area contributed by atoms with E-state index in [-0.39, 0.29) is 12.5 Å². The van der Waals surface area contributed by atoms with Crippen molar-refractivity contribution >= 4 is 5.91 Å². The molecule has 0 spiro atoms. The number of hydrogen-bond acceptors (Lipinski definition) is 3. The zero-order valence-corrected chi connectivity index (χ0v) is 9.68. The lowest BCUT2D eigenvalue weighted by atomic mass is 9.94. The van der Waals surface area contributed by atoms with E-state index in [0.29, 0.717) is 6.42 Å². The molecule has 1 amide bonds. The Balaban J connectivity index is 2.63. The predicted octanol–water partition coefficient (Wildman–Crippen LogP) is 0.535. The van der Waals surface area contributed by atoms with E-state index >= 15 is 0 Å². The molecular weight excluding hydrogens is 192 g/mol. The highest BCUT2D eigenvalue weighted by molar-refractivity contribution is 5.86. The van der Waals surface area contributed by atoms with Crippen LogP contribution in [0, 0.1) is 0 Å². The maximum atomic E-state index is 11.9. The van der Waals surface area contributed by atoms with E-state index in [2.05, 4.69) is 5.32 Å². The van der Waals surface area contributed by atoms with Gasteiger partial charge in [-0.25, -0.2) is 0 Å². The average molecular weight is 214 g/mol. The van der Waals surface area contributed by atoms with Crippen LogP contribution in [0.15, 0.2) is 0 Å². The number of hydrogen-bond donors (Lipinski definition) is 3. The molecule has 0 aromatic carbocycles. The minimum atomic E-state index is -0.829. The molecule has 1 rings (SSSR count). The SMILES string of the molecule is CCC(C)(N)C(=O)NC1(CO)CCCC1. The van der Waals surface area contributed by atoms with Gasteiger partial charge in [0.05, 0.1) is 17.7 Å². The number of carbonyl (C=O) groups is 1. The summed E-state index contributed by atoms with van der Waals surface area (Å²) in [5.74, 6) is -0.152. The van der Waals surface area contributed by atoms with Gasteiger partial charge in [0.15, 0.2) is 0 Å². The van der Waals surface area contributed by atoms with Crippen LogP contribution < -0.4 is 11.1 Å². The molecule has 0 saturated heterocycles. The summed E-state index contributed by atoms with van der Waals surface area (Å²) in [6.07, 6.45) is 4.44. The molecule has 1 fully saturated rings. The van der Waals surface area contributed by atoms with Gasteiger partial charge in [0.1, 0.15) is 0 Å². The van der Waals surface area contributed by atoms with E-state index in [0.717, 1.165) is 25.7 Å². The van der Waals surface area contributed by atoms with Gasteiger partial charge in [-0.05, 0) is 26.2 Å². The summed E-state index contributed by atoms with van der Waals surface area (Å²) in [4.78, 5) is 11.9. The van der Waals surface area contributed by atoms with Crippen LogP contribution >= 0.6 is 0 Å². The topological polar surface area (TPSA) is 75.4 Å². The zero-order chi connectivity index (χ0) is 11.5. The van der Waals surface area contributed by atoms with Gasteiger partial charge in [0.25, 0.3) is 0 Å². The Morgan fingerprint density at radius 3 is 2.47 bits per heavy atom. The molecule has 4 N–H and O–H groups in total. The maximum absolute atomic E-state index is 11.9. The van der Waals surface area contributed by atoms with Gasteiger partial charge in [-0.2, -0.15) is 0 Å². The number of carbonyl (C=O) groups excluding carboxylic acids is 1. The minimum Gasteiger partial charge on any atom is -0.394 e. The normalized spacial score (nSPS) is 23.5. The molecule has 0 aliphatic heterocycles. The first-order chi connectivity index (χ1) is 6.96. The zero-order valence-electron chi connectivity index (χ0n) is 9.68. The van der Waals surface area contributed by atoms with E-state index in [9.17, 15) is 9.90 Å². The Labute approximate surface area is 91.2 Å². The Hall–Kier alpha value is -0.610. The van der Waals surface area contributed by atoms with E-state index in [4.69, 9.17) is 5.73 Å². The first kappa shape index (κ1) is 12.5. The van der Waals surface area contributed by atoms with Crippen LogP contribution in [0.2, 0.25) is 0 Å². The fourth-order valence-electron chi connectivity index (χ4n) is 1.92. The van der Waals surface area contributed by atoms with Crippen LogP contribution in [0.3, 0.4) is 0 Å². The molecule has 1 aliphatic rings. The van der Waals surface area contributed by atoms with Crippen molar-refractivity contribution < 1.29 is 9.90 Å². The van der Waals surface area contributed by atoms with Crippen molar-refractivity contribution in [3.63, 3.8) is 0 Å². The lowest BCUT2D eigenvalue weighted by Crippen LogP contribution is -2.59. The van der Waals surface area contributed by atoms with E-state index in [1.807, 2.05) is 6.92 Å². The van der Waals surface area contributed by atoms with Crippen LogP contribution in [0.25, 0.3) is 0 Å². The van der Waals surface area contributed by atoms with Crippen LogP contribution in [0.5, 0.6) is 0 Å². The van der Waals surface area contributed by atoms with Crippen molar-refractivity contribution in [3.8, 4) is 0 Å². The fraction of sp³-hybridized carbons (Fsp3) is 0.909. The lowest BCUT2D eigenvalue weighted by molar-refractivity contribution is -0.128. The van der Waals surface area contributed by atoms with Gasteiger partial charge in [-0.15, -0.1) is 0 Å². The van der Waals surface area contributed by atoms with Crippen LogP contribution in [0.1, 0.15) is 46.0 Å². The number of rotatable bonds is 4. The molecular formula is C11H22N2O2. The molecule has 0 aromatic rings. The largest absolute Gasteiger partial charge is 0.394 e. The summed E-state index contributed by atoms with van der Waals surface area (Å²) in [7, 11) is 0. The molecule has 1 atom stereocenters. The van der Waals surface area contributed by atoms with Gasteiger partial charge in [0, 0.05) is 0 Å². The summed E-state index contributed by atoms with van der Waals surface area (Å²) in [6, 6.07) is 0. The molecule has 4 nitrogen and oxygen atoms in total. The van der Waals surface area contributed by atoms with Crippen molar-refractivity contribution in [2.45, 2.75) is 57.0 Å². The Morgan fingerprint density at radius 2 is 2.07 bits per heavy atom. The molecule has 0 bridgehead atoms. The first-order valence-electron chi connectivity index (χ1n) is 5.68. The van der Waals surface area contributed by atoms with Crippen LogP contribution in [-0.4, -0.2) is 28.7 Å². The molecule has 1 aliphatic carbocycles. The van der Waals surface area contributed by atoms with Crippen molar-refractivity contribution in [2.24, 2.45) is 5.73 Å². The number of aliphatic hydroxyl groups excluding tert-OH is 1. The van der Waals surface area contributed by atoms with Gasteiger partial charge in [-0.1, -0.05) is 19.8 Å². The Bertz CT molecular complexity index is 233. The van der Waals surface area contributed by atoms with Crippen LogP contribution in [-0.2, 0) is 4.79 Å². The smallest absolute Gasteiger partial charge is 0.240 e. The average Bonchev–Trinajstić information content (AvgIpc) is 2.67. The Kier molecular flexibility index (Phi) is 3.73. The third-order valence-electron chi connectivity index (χ3n) is 3.50. The highest BCUT2D eigenvalue weighted by Gasteiger charge is 2.38. The van der Waals surface area contributed by atoms with Crippen molar-refractivity contribution in [1.29, 1.82) is 0 Å². The second-order valence-corrected chi connectivity index (χ2v) is 4.87. The number of nitrogens with one attached hydrogen (secondary N) is 1. The molecule has 4 heteroatoms. The van der Waals surface area contributed by atoms with Crippen molar-refractivity contribution in [3.05, 3.63) is 0 Å². The van der Waals surface area contributed by atoms with E-state index in [1.165, 1.54) is 0 Å². The number of nitrogens with two attached hydrogens (primary N) is 1. The molecule has 0 radical (unpaired) electrons. The molecule has 1 saturated carbocycles. The quantitative estimate of drug-likeness (QED) is 0.639. The van der Waals surface area contributed by atoms with Gasteiger partial charge in [-0.3, -0.25) is 4.79 Å². The van der Waals surface area contributed by atoms with Crippen molar-refractivity contribution in [1.82, 2.24) is 5.32 Å². The summed E-state index contributed by atoms with van der Waals surface area (Å²) in [5, 5.41) is 12.3. The summed E-state index contributed by atoms with van der Waals surface area (Å²) >= 11 is 0. The fourth-order valence-corrected chi connectivity index (χ4v) is 1.92. The van der Waals surface area contributed by atoms with Gasteiger partial charge in [0.2, 0.25) is 5.91 Å². The number of amides is 1.